The summed E-state index contributed by atoms with van der Waals surface area (Å²) in [5, 5.41) is 3.65. The fourth-order valence-electron chi connectivity index (χ4n) is 2.28. The Balaban J connectivity index is 1.87. The summed E-state index contributed by atoms with van der Waals surface area (Å²) in [7, 11) is 0. The van der Waals surface area contributed by atoms with Crippen molar-refractivity contribution >= 4 is 0 Å². The first kappa shape index (κ1) is 13.2. The molecule has 0 aliphatic heterocycles. The van der Waals surface area contributed by atoms with Crippen LogP contribution in [0.2, 0.25) is 0 Å². The van der Waals surface area contributed by atoms with E-state index < -0.39 is 0 Å². The Bertz CT molecular complexity index is 375. The third kappa shape index (κ3) is 3.61. The Morgan fingerprint density at radius 1 is 1.22 bits per heavy atom. The van der Waals surface area contributed by atoms with Crippen molar-refractivity contribution in [2.75, 3.05) is 6.61 Å². The summed E-state index contributed by atoms with van der Waals surface area (Å²) >= 11 is 0. The average molecular weight is 245 g/mol. The molecule has 0 bridgehead atoms. The summed E-state index contributed by atoms with van der Waals surface area (Å²) < 4.78 is 5.59. The molecule has 1 atom stereocenters. The second-order valence-electron chi connectivity index (χ2n) is 4.95. The lowest BCUT2D eigenvalue weighted by atomic mass is 10.1. The second-order valence-corrected chi connectivity index (χ2v) is 4.95. The molecule has 1 aromatic rings. The molecule has 2 nitrogen and oxygen atoms in total. The van der Waals surface area contributed by atoms with E-state index in [9.17, 15) is 0 Å². The molecule has 2 rings (SSSR count). The Morgan fingerprint density at radius 2 is 1.89 bits per heavy atom. The van der Waals surface area contributed by atoms with Crippen molar-refractivity contribution < 1.29 is 4.74 Å². The van der Waals surface area contributed by atoms with Crippen LogP contribution in [0.3, 0.4) is 0 Å². The number of benzene rings is 1. The van der Waals surface area contributed by atoms with Crippen molar-refractivity contribution in [3.05, 3.63) is 42.0 Å². The van der Waals surface area contributed by atoms with E-state index in [0.717, 1.165) is 31.6 Å². The van der Waals surface area contributed by atoms with E-state index in [0.29, 0.717) is 12.1 Å². The van der Waals surface area contributed by atoms with Gasteiger partial charge in [-0.3, -0.25) is 0 Å². The fraction of sp³-hybridized carbons (Fsp3) is 0.500. The Kier molecular flexibility index (Phi) is 4.82. The molecule has 0 radical (unpaired) electrons. The van der Waals surface area contributed by atoms with Crippen LogP contribution in [0.4, 0.5) is 0 Å². The number of ether oxygens (including phenoxy) is 1. The smallest absolute Gasteiger partial charge is 0.119 e. The number of hydrogen-bond donors (Lipinski definition) is 1. The van der Waals surface area contributed by atoms with Crippen molar-refractivity contribution in [3.63, 3.8) is 0 Å². The van der Waals surface area contributed by atoms with Gasteiger partial charge < -0.3 is 10.1 Å². The summed E-state index contributed by atoms with van der Waals surface area (Å²) in [6, 6.07) is 9.45. The van der Waals surface area contributed by atoms with Gasteiger partial charge in [0, 0.05) is 12.1 Å². The maximum atomic E-state index is 5.59. The minimum atomic E-state index is 0.398. The van der Waals surface area contributed by atoms with Crippen LogP contribution in [0.5, 0.6) is 5.75 Å². The molecule has 0 fully saturated rings. The molecule has 0 heterocycles. The zero-order valence-corrected chi connectivity index (χ0v) is 11.4. The topological polar surface area (TPSA) is 21.3 Å². The maximum Gasteiger partial charge on any atom is 0.119 e. The molecule has 1 aliphatic rings. The predicted molar refractivity (Wildman–Crippen MR) is 75.9 cm³/mol. The molecule has 0 aromatic heterocycles. The minimum Gasteiger partial charge on any atom is -0.494 e. The van der Waals surface area contributed by atoms with Gasteiger partial charge in [-0.15, -0.1) is 0 Å². The van der Waals surface area contributed by atoms with E-state index in [-0.39, 0.29) is 0 Å². The van der Waals surface area contributed by atoms with Gasteiger partial charge in [0.15, 0.2) is 0 Å². The molecule has 0 saturated heterocycles. The molecule has 98 valence electrons. The van der Waals surface area contributed by atoms with Gasteiger partial charge in [0.2, 0.25) is 0 Å². The molecule has 1 N–H and O–H groups in total. The Hall–Kier alpha value is -1.28. The van der Waals surface area contributed by atoms with E-state index in [1.165, 1.54) is 5.56 Å². The SMILES string of the molecule is CCCOc1ccc(C(C)NC2CC=CC2)cc1. The Labute approximate surface area is 110 Å². The zero-order valence-electron chi connectivity index (χ0n) is 11.4. The van der Waals surface area contributed by atoms with E-state index >= 15 is 0 Å². The highest BCUT2D eigenvalue weighted by atomic mass is 16.5. The van der Waals surface area contributed by atoms with Gasteiger partial charge in [-0.2, -0.15) is 0 Å². The first-order chi connectivity index (χ1) is 8.79. The summed E-state index contributed by atoms with van der Waals surface area (Å²) in [5.74, 6) is 0.968. The van der Waals surface area contributed by atoms with Crippen LogP contribution in [-0.4, -0.2) is 12.6 Å². The first-order valence-electron chi connectivity index (χ1n) is 6.93. The normalized spacial score (nSPS) is 17.0. The monoisotopic (exact) mass is 245 g/mol. The number of rotatable bonds is 6. The third-order valence-corrected chi connectivity index (χ3v) is 3.35. The lowest BCUT2D eigenvalue weighted by molar-refractivity contribution is 0.317. The van der Waals surface area contributed by atoms with Crippen LogP contribution in [0.1, 0.15) is 44.7 Å². The van der Waals surface area contributed by atoms with Crippen LogP contribution in [0.25, 0.3) is 0 Å². The lowest BCUT2D eigenvalue weighted by Gasteiger charge is -2.19. The first-order valence-corrected chi connectivity index (χ1v) is 6.93. The van der Waals surface area contributed by atoms with Crippen LogP contribution in [0, 0.1) is 0 Å². The molecule has 0 saturated carbocycles. The van der Waals surface area contributed by atoms with Crippen molar-refractivity contribution in [1.82, 2.24) is 5.32 Å². The van der Waals surface area contributed by atoms with Crippen LogP contribution in [-0.2, 0) is 0 Å². The molecule has 2 heteroatoms. The molecule has 1 unspecified atom stereocenters. The lowest BCUT2D eigenvalue weighted by Crippen LogP contribution is -2.29. The van der Waals surface area contributed by atoms with Gasteiger partial charge >= 0.3 is 0 Å². The van der Waals surface area contributed by atoms with Gasteiger partial charge in [0.05, 0.1) is 6.61 Å². The van der Waals surface area contributed by atoms with Crippen LogP contribution >= 0.6 is 0 Å². The Morgan fingerprint density at radius 3 is 2.50 bits per heavy atom. The largest absolute Gasteiger partial charge is 0.494 e. The fourth-order valence-corrected chi connectivity index (χ4v) is 2.28. The second kappa shape index (κ2) is 6.60. The van der Waals surface area contributed by atoms with Crippen molar-refractivity contribution in [3.8, 4) is 5.75 Å². The highest BCUT2D eigenvalue weighted by Gasteiger charge is 2.13. The molecule has 1 aromatic carbocycles. The van der Waals surface area contributed by atoms with Crippen LogP contribution in [0.15, 0.2) is 36.4 Å². The summed E-state index contributed by atoms with van der Waals surface area (Å²) in [6.45, 7) is 5.14. The van der Waals surface area contributed by atoms with Gasteiger partial charge in [0.1, 0.15) is 5.75 Å². The molecular weight excluding hydrogens is 222 g/mol. The van der Waals surface area contributed by atoms with Gasteiger partial charge in [-0.05, 0) is 43.9 Å². The molecular formula is C16H23NO. The van der Waals surface area contributed by atoms with Gasteiger partial charge in [-0.1, -0.05) is 31.2 Å². The maximum absolute atomic E-state index is 5.59. The molecule has 0 amide bonds. The standard InChI is InChI=1S/C16H23NO/c1-3-12-18-16-10-8-14(9-11-16)13(2)17-15-6-4-5-7-15/h4-5,8-11,13,15,17H,3,6-7,12H2,1-2H3. The van der Waals surface area contributed by atoms with Crippen molar-refractivity contribution in [2.45, 2.75) is 45.2 Å². The van der Waals surface area contributed by atoms with Crippen molar-refractivity contribution in [2.24, 2.45) is 0 Å². The van der Waals surface area contributed by atoms with E-state index in [2.05, 4.69) is 55.6 Å². The average Bonchev–Trinajstić information content (AvgIpc) is 2.89. The van der Waals surface area contributed by atoms with Gasteiger partial charge in [0.25, 0.3) is 0 Å². The summed E-state index contributed by atoms with van der Waals surface area (Å²) in [4.78, 5) is 0. The number of nitrogens with one attached hydrogen (secondary N) is 1. The van der Waals surface area contributed by atoms with Crippen molar-refractivity contribution in [1.29, 1.82) is 0 Å². The van der Waals surface area contributed by atoms with Gasteiger partial charge in [-0.25, -0.2) is 0 Å². The van der Waals surface area contributed by atoms with E-state index in [1.807, 2.05) is 0 Å². The van der Waals surface area contributed by atoms with E-state index in [1.54, 1.807) is 0 Å². The highest BCUT2D eigenvalue weighted by molar-refractivity contribution is 5.29. The molecule has 0 spiro atoms. The predicted octanol–water partition coefficient (Wildman–Crippen LogP) is 3.84. The molecule has 18 heavy (non-hydrogen) atoms. The van der Waals surface area contributed by atoms with E-state index in [4.69, 9.17) is 4.74 Å². The summed E-state index contributed by atoms with van der Waals surface area (Å²) in [6.07, 6.45) is 7.87. The minimum absolute atomic E-state index is 0.398. The summed E-state index contributed by atoms with van der Waals surface area (Å²) in [5.41, 5.74) is 1.32. The quantitative estimate of drug-likeness (QED) is 0.769. The highest BCUT2D eigenvalue weighted by Crippen LogP contribution is 2.20. The molecule has 1 aliphatic carbocycles. The third-order valence-electron chi connectivity index (χ3n) is 3.35. The van der Waals surface area contributed by atoms with Crippen LogP contribution < -0.4 is 10.1 Å². The number of hydrogen-bond acceptors (Lipinski definition) is 2. The zero-order chi connectivity index (χ0) is 12.8.